The molecule has 12 heteroatoms. The fourth-order valence-corrected chi connectivity index (χ4v) is 6.12. The quantitative estimate of drug-likeness (QED) is 0.102. The smallest absolute Gasteiger partial charge is 0.230 e. The molecule has 0 bridgehead atoms. The van der Waals surface area contributed by atoms with Crippen LogP contribution in [0.3, 0.4) is 0 Å². The van der Waals surface area contributed by atoms with Crippen molar-refractivity contribution in [3.05, 3.63) is 60.1 Å². The minimum atomic E-state index is -1.12. The Balaban J connectivity index is 1.44. The Morgan fingerprint density at radius 1 is 1.04 bits per heavy atom. The van der Waals surface area contributed by atoms with E-state index in [9.17, 15) is 13.6 Å². The monoisotopic (exact) mass is 661 g/mol. The van der Waals surface area contributed by atoms with Crippen LogP contribution in [0, 0.1) is 34.8 Å². The molecule has 0 aliphatic carbocycles. The van der Waals surface area contributed by atoms with Crippen molar-refractivity contribution < 1.29 is 23.0 Å². The third kappa shape index (κ3) is 7.85. The molecule has 0 saturated carbocycles. The standard InChI is InChI=1S/C36H45F2N7O3/c1-10-15-45(36(8,34(2,3)4)35(5,6)7)16-12-17-48-29-21-27-24(20-28(29)47-9)33(40-22-39-27)42-30-18-23(43-44-30)19-31(46)41-26-14-11-13-25(37)32(26)38/h1,11,13-14,18,20-22H,12,15-17,19H2,2-9H3,(H,41,46)(H2,39,40,42,43,44). The van der Waals surface area contributed by atoms with Crippen molar-refractivity contribution in [3.8, 4) is 23.8 Å². The number of nitrogens with zero attached hydrogens (tertiary/aromatic N) is 4. The van der Waals surface area contributed by atoms with E-state index in [-0.39, 0.29) is 28.5 Å². The summed E-state index contributed by atoms with van der Waals surface area (Å²) in [5.41, 5.74) is 0.622. The molecular weight excluding hydrogens is 616 g/mol. The van der Waals surface area contributed by atoms with Crippen LogP contribution in [0.1, 0.15) is 60.6 Å². The maximum absolute atomic E-state index is 13.9. The van der Waals surface area contributed by atoms with Crippen LogP contribution < -0.4 is 20.1 Å². The first kappa shape index (κ1) is 36.1. The second-order valence-corrected chi connectivity index (χ2v) is 13.9. The number of anilines is 3. The molecule has 2 aromatic carbocycles. The van der Waals surface area contributed by atoms with Crippen molar-refractivity contribution in [1.29, 1.82) is 0 Å². The van der Waals surface area contributed by atoms with Crippen LogP contribution in [0.25, 0.3) is 10.9 Å². The van der Waals surface area contributed by atoms with E-state index in [2.05, 4.69) is 90.1 Å². The number of aromatic amines is 1. The highest BCUT2D eigenvalue weighted by atomic mass is 19.2. The number of halogens is 2. The number of nitrogens with one attached hydrogen (secondary N) is 3. The van der Waals surface area contributed by atoms with Crippen molar-refractivity contribution in [3.63, 3.8) is 0 Å². The summed E-state index contributed by atoms with van der Waals surface area (Å²) >= 11 is 0. The molecule has 256 valence electrons. The van der Waals surface area contributed by atoms with Gasteiger partial charge in [0, 0.05) is 35.3 Å². The topological polar surface area (TPSA) is 117 Å². The average molecular weight is 662 g/mol. The van der Waals surface area contributed by atoms with Crippen LogP contribution in [0.2, 0.25) is 0 Å². The highest BCUT2D eigenvalue weighted by Crippen LogP contribution is 2.48. The third-order valence-corrected chi connectivity index (χ3v) is 9.04. The Kier molecular flexibility index (Phi) is 10.9. The summed E-state index contributed by atoms with van der Waals surface area (Å²) in [7, 11) is 1.57. The molecule has 0 radical (unpaired) electrons. The lowest BCUT2D eigenvalue weighted by Gasteiger charge is -2.57. The molecule has 0 fully saturated rings. The number of benzene rings is 2. The molecule has 3 N–H and O–H groups in total. The van der Waals surface area contributed by atoms with Crippen LogP contribution in [0.5, 0.6) is 11.5 Å². The molecule has 4 rings (SSSR count). The molecule has 0 unspecified atom stereocenters. The molecule has 0 saturated heterocycles. The molecule has 2 heterocycles. The molecule has 0 aliphatic rings. The Morgan fingerprint density at radius 3 is 2.44 bits per heavy atom. The summed E-state index contributed by atoms with van der Waals surface area (Å²) in [6.07, 6.45) is 7.84. The lowest BCUT2D eigenvalue weighted by molar-refractivity contribution is -0.115. The van der Waals surface area contributed by atoms with Gasteiger partial charge >= 0.3 is 0 Å². The number of methoxy groups -OCH3 is 1. The molecule has 4 aromatic rings. The van der Waals surface area contributed by atoms with Crippen molar-refractivity contribution in [2.75, 3.05) is 37.4 Å². The lowest BCUT2D eigenvalue weighted by Crippen LogP contribution is -2.62. The van der Waals surface area contributed by atoms with E-state index in [0.717, 1.165) is 19.0 Å². The molecule has 0 atom stereocenters. The van der Waals surface area contributed by atoms with E-state index < -0.39 is 17.5 Å². The zero-order valence-electron chi connectivity index (χ0n) is 28.9. The van der Waals surface area contributed by atoms with Crippen molar-refractivity contribution in [1.82, 2.24) is 25.1 Å². The largest absolute Gasteiger partial charge is 0.493 e. The summed E-state index contributed by atoms with van der Waals surface area (Å²) in [4.78, 5) is 23.6. The Hall–Kier alpha value is -4.76. The van der Waals surface area contributed by atoms with E-state index in [1.165, 1.54) is 18.5 Å². The molecule has 0 spiro atoms. The van der Waals surface area contributed by atoms with Gasteiger partial charge in [0.15, 0.2) is 29.0 Å². The normalized spacial score (nSPS) is 12.2. The second-order valence-electron chi connectivity index (χ2n) is 13.9. The van der Waals surface area contributed by atoms with Crippen LogP contribution in [0.15, 0.2) is 42.7 Å². The number of ether oxygens (including phenoxy) is 2. The van der Waals surface area contributed by atoms with Gasteiger partial charge in [0.05, 0.1) is 37.9 Å². The minimum Gasteiger partial charge on any atom is -0.493 e. The highest BCUT2D eigenvalue weighted by molar-refractivity contribution is 5.93. The van der Waals surface area contributed by atoms with Gasteiger partial charge in [0.1, 0.15) is 12.1 Å². The van der Waals surface area contributed by atoms with E-state index in [1.54, 1.807) is 25.3 Å². The predicted molar refractivity (Wildman–Crippen MR) is 184 cm³/mol. The third-order valence-electron chi connectivity index (χ3n) is 9.04. The van der Waals surface area contributed by atoms with Gasteiger partial charge in [-0.3, -0.25) is 14.8 Å². The van der Waals surface area contributed by atoms with Crippen LogP contribution in [-0.4, -0.2) is 63.3 Å². The van der Waals surface area contributed by atoms with Gasteiger partial charge in [-0.25, -0.2) is 18.7 Å². The number of hydrogen-bond acceptors (Lipinski definition) is 8. The number of H-pyrrole nitrogens is 1. The van der Waals surface area contributed by atoms with Gasteiger partial charge in [-0.1, -0.05) is 53.5 Å². The van der Waals surface area contributed by atoms with Crippen LogP contribution in [-0.2, 0) is 11.2 Å². The van der Waals surface area contributed by atoms with Crippen LogP contribution >= 0.6 is 0 Å². The lowest BCUT2D eigenvalue weighted by atomic mass is 9.60. The van der Waals surface area contributed by atoms with E-state index in [0.29, 0.717) is 52.9 Å². The van der Waals surface area contributed by atoms with E-state index >= 15 is 0 Å². The number of amides is 1. The first-order valence-corrected chi connectivity index (χ1v) is 15.8. The highest BCUT2D eigenvalue weighted by Gasteiger charge is 2.50. The van der Waals surface area contributed by atoms with Gasteiger partial charge in [-0.2, -0.15) is 5.10 Å². The number of aromatic nitrogens is 4. The molecule has 10 nitrogen and oxygen atoms in total. The zero-order chi connectivity index (χ0) is 35.3. The Morgan fingerprint density at radius 2 is 1.77 bits per heavy atom. The molecule has 48 heavy (non-hydrogen) atoms. The van der Waals surface area contributed by atoms with Gasteiger partial charge in [-0.05, 0) is 42.4 Å². The molecule has 0 aliphatic heterocycles. The SMILES string of the molecule is C#CCN(CCCOc1cc2ncnc(Nc3cc(CC(=O)Nc4cccc(F)c4F)[nH]n3)c2cc1OC)C(C)(C(C)(C)C)C(C)(C)C. The fourth-order valence-electron chi connectivity index (χ4n) is 6.12. The summed E-state index contributed by atoms with van der Waals surface area (Å²) < 4.78 is 39.3. The maximum Gasteiger partial charge on any atom is 0.230 e. The van der Waals surface area contributed by atoms with Gasteiger partial charge in [0.25, 0.3) is 0 Å². The fraction of sp³-hybridized carbons (Fsp3) is 0.444. The predicted octanol–water partition coefficient (Wildman–Crippen LogP) is 7.12. The van der Waals surface area contributed by atoms with Gasteiger partial charge < -0.3 is 20.1 Å². The summed E-state index contributed by atoms with van der Waals surface area (Å²) in [6.45, 7) is 17.6. The first-order valence-electron chi connectivity index (χ1n) is 15.8. The zero-order valence-corrected chi connectivity index (χ0v) is 28.9. The summed E-state index contributed by atoms with van der Waals surface area (Å²) in [6, 6.07) is 8.80. The average Bonchev–Trinajstić information content (AvgIpc) is 3.45. The van der Waals surface area contributed by atoms with Gasteiger partial charge in [-0.15, -0.1) is 6.42 Å². The number of hydrogen-bond donors (Lipinski definition) is 3. The first-order chi connectivity index (χ1) is 22.6. The number of carbonyl (C=O) groups excluding carboxylic acids is 1. The molecule has 2 aromatic heterocycles. The maximum atomic E-state index is 13.9. The Labute approximate surface area is 281 Å². The van der Waals surface area contributed by atoms with Crippen molar-refractivity contribution in [2.45, 2.75) is 66.8 Å². The van der Waals surface area contributed by atoms with Gasteiger partial charge in [0.2, 0.25) is 5.91 Å². The minimum absolute atomic E-state index is 0.0208. The number of carbonyl (C=O) groups is 1. The number of rotatable bonds is 13. The van der Waals surface area contributed by atoms with Crippen LogP contribution in [0.4, 0.5) is 26.1 Å². The number of fused-ring (bicyclic) bond motifs is 1. The molecular formula is C36H45F2N7O3. The summed E-state index contributed by atoms with van der Waals surface area (Å²) in [5, 5.41) is 13.2. The summed E-state index contributed by atoms with van der Waals surface area (Å²) in [5.74, 6) is 2.07. The van der Waals surface area contributed by atoms with E-state index in [1.807, 2.05) is 0 Å². The Bertz CT molecular complexity index is 1770. The number of terminal acetylenes is 1. The van der Waals surface area contributed by atoms with Crippen molar-refractivity contribution in [2.24, 2.45) is 10.8 Å². The van der Waals surface area contributed by atoms with E-state index in [4.69, 9.17) is 15.9 Å². The van der Waals surface area contributed by atoms with Crippen molar-refractivity contribution >= 4 is 34.1 Å². The second kappa shape index (κ2) is 14.6. The molecule has 1 amide bonds.